The predicted molar refractivity (Wildman–Crippen MR) is 97.8 cm³/mol. The second-order valence-electron chi connectivity index (χ2n) is 6.32. The van der Waals surface area contributed by atoms with Gasteiger partial charge in [0.25, 0.3) is 5.91 Å². The molecule has 138 valence electrons. The highest BCUT2D eigenvalue weighted by atomic mass is 32.2. The van der Waals surface area contributed by atoms with Crippen LogP contribution in [0.5, 0.6) is 5.75 Å². The summed E-state index contributed by atoms with van der Waals surface area (Å²) in [5, 5.41) is 4.78. The maximum atomic E-state index is 13.1. The number of morpholine rings is 1. The van der Waals surface area contributed by atoms with E-state index in [4.69, 9.17) is 9.47 Å². The Labute approximate surface area is 156 Å². The molecule has 7 nitrogen and oxygen atoms in total. The van der Waals surface area contributed by atoms with Gasteiger partial charge in [-0.25, -0.2) is 4.98 Å². The monoisotopic (exact) mass is 374 g/mol. The molecule has 1 fully saturated rings. The summed E-state index contributed by atoms with van der Waals surface area (Å²) in [6.07, 6.45) is 0.723. The molecule has 0 saturated carbocycles. The van der Waals surface area contributed by atoms with Crippen LogP contribution in [0.1, 0.15) is 29.1 Å². The van der Waals surface area contributed by atoms with Crippen molar-refractivity contribution in [1.29, 1.82) is 0 Å². The van der Waals surface area contributed by atoms with E-state index >= 15 is 0 Å². The second-order valence-corrected chi connectivity index (χ2v) is 7.43. The highest BCUT2D eigenvalue weighted by Crippen LogP contribution is 2.41. The zero-order valence-electron chi connectivity index (χ0n) is 14.9. The summed E-state index contributed by atoms with van der Waals surface area (Å²) in [6, 6.07) is 7.89. The lowest BCUT2D eigenvalue weighted by Gasteiger charge is -2.36. The standard InChI is InChI=1S/C18H22N4O3S/c1-3-14-19-18-22(20-14)17(23)16(26-18)15(21-7-9-25-10-8-21)12-5-4-6-13(11-12)24-2/h4-6,11,15-16H,3,7-10H2,1-2H3. The van der Waals surface area contributed by atoms with E-state index in [2.05, 4.69) is 21.0 Å². The summed E-state index contributed by atoms with van der Waals surface area (Å²) in [6.45, 7) is 4.93. The zero-order valence-corrected chi connectivity index (χ0v) is 15.7. The maximum absolute atomic E-state index is 13.1. The topological polar surface area (TPSA) is 69.5 Å². The minimum atomic E-state index is -0.277. The number of thioether (sulfide) groups is 1. The number of methoxy groups -OCH3 is 1. The van der Waals surface area contributed by atoms with Crippen LogP contribution in [0.2, 0.25) is 0 Å². The Balaban J connectivity index is 1.69. The molecule has 0 aliphatic carbocycles. The van der Waals surface area contributed by atoms with Crippen LogP contribution < -0.4 is 4.74 Å². The number of nitrogens with zero attached hydrogens (tertiary/aromatic N) is 4. The maximum Gasteiger partial charge on any atom is 0.264 e. The highest BCUT2D eigenvalue weighted by molar-refractivity contribution is 8.00. The fourth-order valence-corrected chi connectivity index (χ4v) is 4.72. The molecule has 2 unspecified atom stereocenters. The van der Waals surface area contributed by atoms with Crippen LogP contribution in [-0.2, 0) is 11.2 Å². The first kappa shape index (κ1) is 17.5. The molecule has 8 heteroatoms. The summed E-state index contributed by atoms with van der Waals surface area (Å²) in [7, 11) is 1.66. The van der Waals surface area contributed by atoms with Gasteiger partial charge in [-0.2, -0.15) is 4.68 Å². The SMILES string of the molecule is CCc1nc2n(n1)C(=O)C(C(c1cccc(OC)c1)N1CCOCC1)S2. The van der Waals surface area contributed by atoms with E-state index in [-0.39, 0.29) is 17.2 Å². The lowest BCUT2D eigenvalue weighted by Crippen LogP contribution is -2.44. The van der Waals surface area contributed by atoms with Crippen LogP contribution in [-0.4, -0.2) is 64.2 Å². The highest BCUT2D eigenvalue weighted by Gasteiger charge is 2.43. The molecule has 0 radical (unpaired) electrons. The molecule has 0 amide bonds. The van der Waals surface area contributed by atoms with Gasteiger partial charge in [-0.3, -0.25) is 9.69 Å². The molecule has 0 bridgehead atoms. The number of carbonyl (C=O) groups excluding carboxylic acids is 1. The van der Waals surface area contributed by atoms with Crippen LogP contribution in [0.4, 0.5) is 0 Å². The number of aromatic nitrogens is 3. The van der Waals surface area contributed by atoms with Crippen molar-refractivity contribution in [3.05, 3.63) is 35.7 Å². The predicted octanol–water partition coefficient (Wildman–Crippen LogP) is 2.04. The Hall–Kier alpha value is -1.90. The quantitative estimate of drug-likeness (QED) is 0.793. The lowest BCUT2D eigenvalue weighted by molar-refractivity contribution is 0.0152. The molecular formula is C18H22N4O3S. The van der Waals surface area contributed by atoms with Crippen LogP contribution in [0.15, 0.2) is 29.4 Å². The van der Waals surface area contributed by atoms with Crippen molar-refractivity contribution in [3.8, 4) is 5.75 Å². The van der Waals surface area contributed by atoms with Crippen LogP contribution in [0.25, 0.3) is 0 Å². The molecule has 2 atom stereocenters. The number of hydrogen-bond donors (Lipinski definition) is 0. The van der Waals surface area contributed by atoms with Gasteiger partial charge < -0.3 is 9.47 Å². The summed E-state index contributed by atoms with van der Waals surface area (Å²) in [4.78, 5) is 19.9. The number of benzene rings is 1. The Morgan fingerprint density at radius 3 is 2.88 bits per heavy atom. The minimum absolute atomic E-state index is 0.00323. The number of hydrogen-bond acceptors (Lipinski definition) is 7. The van der Waals surface area contributed by atoms with Crippen molar-refractivity contribution >= 4 is 17.7 Å². The molecule has 3 heterocycles. The van der Waals surface area contributed by atoms with Crippen LogP contribution in [0.3, 0.4) is 0 Å². The number of ether oxygens (including phenoxy) is 2. The van der Waals surface area contributed by atoms with Crippen molar-refractivity contribution in [2.45, 2.75) is 29.8 Å². The Kier molecular flexibility index (Phi) is 4.97. The molecule has 0 N–H and O–H groups in total. The van der Waals surface area contributed by atoms with E-state index in [1.165, 1.54) is 16.4 Å². The molecular weight excluding hydrogens is 352 g/mol. The number of aryl methyl sites for hydroxylation is 1. The largest absolute Gasteiger partial charge is 0.497 e. The van der Waals surface area contributed by atoms with E-state index < -0.39 is 0 Å². The Bertz CT molecular complexity index is 803. The van der Waals surface area contributed by atoms with Gasteiger partial charge >= 0.3 is 0 Å². The number of rotatable bonds is 5. The molecule has 0 spiro atoms. The zero-order chi connectivity index (χ0) is 18.1. The molecule has 4 rings (SSSR count). The third-order valence-electron chi connectivity index (χ3n) is 4.78. The summed E-state index contributed by atoms with van der Waals surface area (Å²) in [5.74, 6) is 1.50. The molecule has 2 aromatic rings. The van der Waals surface area contributed by atoms with Gasteiger partial charge in [0.1, 0.15) is 11.0 Å². The van der Waals surface area contributed by atoms with E-state index in [0.29, 0.717) is 24.2 Å². The van der Waals surface area contributed by atoms with Crippen molar-refractivity contribution in [2.75, 3.05) is 33.4 Å². The average molecular weight is 374 g/mol. The van der Waals surface area contributed by atoms with Crippen LogP contribution in [0, 0.1) is 0 Å². The van der Waals surface area contributed by atoms with Gasteiger partial charge in [0, 0.05) is 19.5 Å². The second kappa shape index (κ2) is 7.38. The molecule has 1 aromatic heterocycles. The average Bonchev–Trinajstić information content (AvgIpc) is 3.23. The molecule has 2 aliphatic rings. The molecule has 2 aliphatic heterocycles. The van der Waals surface area contributed by atoms with E-state index in [1.807, 2.05) is 25.1 Å². The number of fused-ring (bicyclic) bond motifs is 1. The van der Waals surface area contributed by atoms with Crippen molar-refractivity contribution in [2.24, 2.45) is 0 Å². The fourth-order valence-electron chi connectivity index (χ4n) is 3.45. The van der Waals surface area contributed by atoms with Gasteiger partial charge in [0.05, 0.1) is 26.4 Å². The van der Waals surface area contributed by atoms with Crippen molar-refractivity contribution in [1.82, 2.24) is 19.7 Å². The first-order valence-electron chi connectivity index (χ1n) is 8.84. The third kappa shape index (κ3) is 3.13. The van der Waals surface area contributed by atoms with Crippen LogP contribution >= 0.6 is 11.8 Å². The summed E-state index contributed by atoms with van der Waals surface area (Å²) in [5.41, 5.74) is 1.07. The first-order valence-corrected chi connectivity index (χ1v) is 9.71. The van der Waals surface area contributed by atoms with E-state index in [9.17, 15) is 4.79 Å². The first-order chi connectivity index (χ1) is 12.7. The van der Waals surface area contributed by atoms with E-state index in [0.717, 1.165) is 30.8 Å². The van der Waals surface area contributed by atoms with Gasteiger partial charge in [0.2, 0.25) is 0 Å². The van der Waals surface area contributed by atoms with Crippen molar-refractivity contribution < 1.29 is 14.3 Å². The number of carbonyl (C=O) groups is 1. The molecule has 26 heavy (non-hydrogen) atoms. The van der Waals surface area contributed by atoms with Gasteiger partial charge in [-0.15, -0.1) is 5.10 Å². The fraction of sp³-hybridized carbons (Fsp3) is 0.500. The minimum Gasteiger partial charge on any atom is -0.497 e. The Morgan fingerprint density at radius 2 is 2.19 bits per heavy atom. The molecule has 1 saturated heterocycles. The van der Waals surface area contributed by atoms with Gasteiger partial charge in [-0.05, 0) is 17.7 Å². The molecule has 1 aromatic carbocycles. The van der Waals surface area contributed by atoms with Gasteiger partial charge in [-0.1, -0.05) is 30.8 Å². The Morgan fingerprint density at radius 1 is 1.38 bits per heavy atom. The smallest absolute Gasteiger partial charge is 0.264 e. The van der Waals surface area contributed by atoms with E-state index in [1.54, 1.807) is 7.11 Å². The van der Waals surface area contributed by atoms with Gasteiger partial charge in [0.15, 0.2) is 11.0 Å². The third-order valence-corrected chi connectivity index (χ3v) is 5.97. The summed E-state index contributed by atoms with van der Waals surface area (Å²) < 4.78 is 12.4. The normalized spacial score (nSPS) is 21.6. The lowest BCUT2D eigenvalue weighted by atomic mass is 10.00. The summed E-state index contributed by atoms with van der Waals surface area (Å²) >= 11 is 1.51. The van der Waals surface area contributed by atoms with Crippen molar-refractivity contribution in [3.63, 3.8) is 0 Å².